The molecule has 0 aliphatic heterocycles. The highest BCUT2D eigenvalue weighted by atomic mass is 35.5. The predicted octanol–water partition coefficient (Wildman–Crippen LogP) is 2.30. The SMILES string of the molecule is CC(N)CC(=O)NC(C)c1noc(-c2ccc(Cl)cc2)n1. The molecule has 21 heavy (non-hydrogen) atoms. The Hall–Kier alpha value is -1.92. The summed E-state index contributed by atoms with van der Waals surface area (Å²) in [5, 5.41) is 7.29. The topological polar surface area (TPSA) is 94.0 Å². The van der Waals surface area contributed by atoms with E-state index in [4.69, 9.17) is 21.9 Å². The van der Waals surface area contributed by atoms with Gasteiger partial charge in [-0.25, -0.2) is 0 Å². The number of nitrogens with zero attached hydrogens (tertiary/aromatic N) is 2. The van der Waals surface area contributed by atoms with Crippen molar-refractivity contribution >= 4 is 17.5 Å². The molecule has 2 aromatic rings. The molecule has 112 valence electrons. The molecule has 1 heterocycles. The molecule has 2 rings (SSSR count). The van der Waals surface area contributed by atoms with Gasteiger partial charge in [0.05, 0.1) is 6.04 Å². The van der Waals surface area contributed by atoms with Crippen LogP contribution in [0, 0.1) is 0 Å². The van der Waals surface area contributed by atoms with Crippen molar-refractivity contribution in [3.8, 4) is 11.5 Å². The van der Waals surface area contributed by atoms with Crippen LogP contribution in [0.4, 0.5) is 0 Å². The quantitative estimate of drug-likeness (QED) is 0.884. The summed E-state index contributed by atoms with van der Waals surface area (Å²) in [6.07, 6.45) is 0.256. The van der Waals surface area contributed by atoms with Crippen LogP contribution < -0.4 is 11.1 Å². The summed E-state index contributed by atoms with van der Waals surface area (Å²) >= 11 is 5.83. The zero-order valence-corrected chi connectivity index (χ0v) is 12.6. The average Bonchev–Trinajstić information content (AvgIpc) is 2.88. The van der Waals surface area contributed by atoms with Gasteiger partial charge in [-0.1, -0.05) is 16.8 Å². The molecule has 1 amide bonds. The van der Waals surface area contributed by atoms with Gasteiger partial charge >= 0.3 is 0 Å². The van der Waals surface area contributed by atoms with Crippen LogP contribution in [0.2, 0.25) is 5.02 Å². The van der Waals surface area contributed by atoms with Gasteiger partial charge in [0.2, 0.25) is 5.91 Å². The smallest absolute Gasteiger partial charge is 0.257 e. The summed E-state index contributed by atoms with van der Waals surface area (Å²) < 4.78 is 5.19. The second-order valence-electron chi connectivity index (χ2n) is 4.94. The van der Waals surface area contributed by atoms with Gasteiger partial charge in [0.1, 0.15) is 0 Å². The van der Waals surface area contributed by atoms with E-state index in [1.807, 2.05) is 0 Å². The van der Waals surface area contributed by atoms with E-state index in [0.717, 1.165) is 5.56 Å². The number of hydrogen-bond acceptors (Lipinski definition) is 5. The van der Waals surface area contributed by atoms with E-state index >= 15 is 0 Å². The first-order valence-corrected chi connectivity index (χ1v) is 6.98. The maximum Gasteiger partial charge on any atom is 0.257 e. The average molecular weight is 309 g/mol. The molecule has 2 atom stereocenters. The fourth-order valence-electron chi connectivity index (χ4n) is 1.78. The molecule has 0 bridgehead atoms. The van der Waals surface area contributed by atoms with E-state index in [1.165, 1.54) is 0 Å². The van der Waals surface area contributed by atoms with Crippen molar-refractivity contribution in [2.45, 2.75) is 32.4 Å². The molecule has 0 fully saturated rings. The zero-order chi connectivity index (χ0) is 15.4. The number of amides is 1. The number of carbonyl (C=O) groups excluding carboxylic acids is 1. The first-order chi connectivity index (χ1) is 9.95. The number of halogens is 1. The summed E-state index contributed by atoms with van der Waals surface area (Å²) in [4.78, 5) is 15.9. The van der Waals surface area contributed by atoms with Crippen LogP contribution in [-0.4, -0.2) is 22.1 Å². The Kier molecular flexibility index (Phi) is 4.93. The molecule has 0 aliphatic carbocycles. The molecule has 0 saturated carbocycles. The minimum atomic E-state index is -0.346. The molecule has 0 aliphatic rings. The molecule has 7 heteroatoms. The van der Waals surface area contributed by atoms with Gasteiger partial charge in [0.15, 0.2) is 5.82 Å². The Balaban J connectivity index is 2.05. The van der Waals surface area contributed by atoms with Gasteiger partial charge in [-0.2, -0.15) is 4.98 Å². The third-order valence-electron chi connectivity index (χ3n) is 2.81. The Morgan fingerprint density at radius 1 is 1.38 bits per heavy atom. The number of benzene rings is 1. The lowest BCUT2D eigenvalue weighted by atomic mass is 10.2. The first-order valence-electron chi connectivity index (χ1n) is 6.60. The van der Waals surface area contributed by atoms with Crippen LogP contribution in [0.1, 0.15) is 32.1 Å². The fourth-order valence-corrected chi connectivity index (χ4v) is 1.90. The van der Waals surface area contributed by atoms with Crippen molar-refractivity contribution in [3.63, 3.8) is 0 Å². The number of rotatable bonds is 5. The molecule has 1 aromatic heterocycles. The number of carbonyl (C=O) groups is 1. The third-order valence-corrected chi connectivity index (χ3v) is 3.06. The number of hydrogen-bond donors (Lipinski definition) is 2. The summed E-state index contributed by atoms with van der Waals surface area (Å²) in [5.74, 6) is 0.656. The van der Waals surface area contributed by atoms with Crippen molar-refractivity contribution in [3.05, 3.63) is 35.1 Å². The van der Waals surface area contributed by atoms with Crippen molar-refractivity contribution in [2.75, 3.05) is 0 Å². The highest BCUT2D eigenvalue weighted by Gasteiger charge is 2.17. The summed E-state index contributed by atoms with van der Waals surface area (Å²) in [5.41, 5.74) is 6.35. The van der Waals surface area contributed by atoms with Crippen molar-refractivity contribution in [2.24, 2.45) is 5.73 Å². The molecule has 0 radical (unpaired) electrons. The van der Waals surface area contributed by atoms with Gasteiger partial charge in [-0.15, -0.1) is 0 Å². The summed E-state index contributed by atoms with van der Waals surface area (Å²) in [6, 6.07) is 6.54. The largest absolute Gasteiger partial charge is 0.346 e. The molecular formula is C14H17ClN4O2. The van der Waals surface area contributed by atoms with Crippen molar-refractivity contribution in [1.29, 1.82) is 0 Å². The molecule has 0 saturated heterocycles. The van der Waals surface area contributed by atoms with E-state index in [-0.39, 0.29) is 24.4 Å². The van der Waals surface area contributed by atoms with Crippen LogP contribution in [0.25, 0.3) is 11.5 Å². The highest BCUT2D eigenvalue weighted by Crippen LogP contribution is 2.21. The minimum absolute atomic E-state index is 0.143. The molecule has 1 aromatic carbocycles. The second-order valence-corrected chi connectivity index (χ2v) is 5.37. The van der Waals surface area contributed by atoms with Crippen LogP contribution in [0.3, 0.4) is 0 Å². The monoisotopic (exact) mass is 308 g/mol. The molecular weight excluding hydrogens is 292 g/mol. The maximum absolute atomic E-state index is 11.7. The molecule has 0 spiro atoms. The molecule has 3 N–H and O–H groups in total. The first kappa shape index (κ1) is 15.5. The Morgan fingerprint density at radius 2 is 2.05 bits per heavy atom. The van der Waals surface area contributed by atoms with E-state index in [9.17, 15) is 4.79 Å². The Morgan fingerprint density at radius 3 is 2.67 bits per heavy atom. The van der Waals surface area contributed by atoms with Crippen molar-refractivity contribution < 1.29 is 9.32 Å². The normalized spacial score (nSPS) is 13.7. The van der Waals surface area contributed by atoms with Gasteiger partial charge < -0.3 is 15.6 Å². The minimum Gasteiger partial charge on any atom is -0.346 e. The van der Waals surface area contributed by atoms with Crippen LogP contribution in [-0.2, 0) is 4.79 Å². The Labute approximate surface area is 127 Å². The highest BCUT2D eigenvalue weighted by molar-refractivity contribution is 6.30. The number of nitrogens with one attached hydrogen (secondary N) is 1. The summed E-state index contributed by atoms with van der Waals surface area (Å²) in [7, 11) is 0. The lowest BCUT2D eigenvalue weighted by molar-refractivity contribution is -0.122. The number of nitrogens with two attached hydrogens (primary N) is 1. The van der Waals surface area contributed by atoms with Crippen LogP contribution in [0.5, 0.6) is 0 Å². The molecule has 2 unspecified atom stereocenters. The van der Waals surface area contributed by atoms with Gasteiger partial charge in [-0.05, 0) is 38.1 Å². The predicted molar refractivity (Wildman–Crippen MR) is 79.6 cm³/mol. The summed E-state index contributed by atoms with van der Waals surface area (Å²) in [6.45, 7) is 3.56. The van der Waals surface area contributed by atoms with Crippen LogP contribution >= 0.6 is 11.6 Å². The van der Waals surface area contributed by atoms with E-state index in [1.54, 1.807) is 38.1 Å². The van der Waals surface area contributed by atoms with E-state index < -0.39 is 0 Å². The van der Waals surface area contributed by atoms with E-state index in [2.05, 4.69) is 15.5 Å². The lowest BCUT2D eigenvalue weighted by Crippen LogP contribution is -2.32. The van der Waals surface area contributed by atoms with Gasteiger partial charge in [-0.3, -0.25) is 4.79 Å². The zero-order valence-electron chi connectivity index (χ0n) is 11.8. The standard InChI is InChI=1S/C14H17ClN4O2/c1-8(16)7-12(20)17-9(2)13-18-14(21-19-13)10-3-5-11(15)6-4-10/h3-6,8-9H,7,16H2,1-2H3,(H,17,20). The maximum atomic E-state index is 11.7. The third kappa shape index (κ3) is 4.27. The van der Waals surface area contributed by atoms with E-state index in [0.29, 0.717) is 16.7 Å². The van der Waals surface area contributed by atoms with Gasteiger partial charge in [0.25, 0.3) is 5.89 Å². The van der Waals surface area contributed by atoms with Crippen LogP contribution in [0.15, 0.2) is 28.8 Å². The number of aromatic nitrogens is 2. The Bertz CT molecular complexity index is 610. The van der Waals surface area contributed by atoms with Crippen molar-refractivity contribution in [1.82, 2.24) is 15.5 Å². The second kappa shape index (κ2) is 6.69. The van der Waals surface area contributed by atoms with Gasteiger partial charge in [0, 0.05) is 23.0 Å². The fraction of sp³-hybridized carbons (Fsp3) is 0.357. The lowest BCUT2D eigenvalue weighted by Gasteiger charge is -2.11. The molecule has 6 nitrogen and oxygen atoms in total.